The summed E-state index contributed by atoms with van der Waals surface area (Å²) in [5.41, 5.74) is 1.18. The summed E-state index contributed by atoms with van der Waals surface area (Å²) in [7, 11) is 4.22. The Balaban J connectivity index is 2.51. The number of thioether (sulfide) groups is 1. The second-order valence-electron chi connectivity index (χ2n) is 6.72. The van der Waals surface area contributed by atoms with Crippen molar-refractivity contribution in [3.8, 4) is 5.88 Å². The van der Waals surface area contributed by atoms with E-state index in [0.29, 0.717) is 18.8 Å². The normalized spacial score (nSPS) is 11.6. The number of aliphatic imine (C=N–C) groups is 1. The van der Waals surface area contributed by atoms with Crippen LogP contribution in [0.15, 0.2) is 32.8 Å². The molecule has 30 heavy (non-hydrogen) atoms. The predicted octanol–water partition coefficient (Wildman–Crippen LogP) is 0.981. The third-order valence-electron chi connectivity index (χ3n) is 4.54. The summed E-state index contributed by atoms with van der Waals surface area (Å²) in [4.78, 5) is 41.5. The van der Waals surface area contributed by atoms with Gasteiger partial charge in [-0.1, -0.05) is 17.8 Å². The number of hydrogen-bond donors (Lipinski definition) is 2. The number of methoxy groups -OCH3 is 1. The number of amides is 1. The van der Waals surface area contributed by atoms with Gasteiger partial charge in [-0.05, 0) is 37.1 Å². The van der Waals surface area contributed by atoms with Gasteiger partial charge >= 0.3 is 5.69 Å². The zero-order valence-corrected chi connectivity index (χ0v) is 18.5. The predicted molar refractivity (Wildman–Crippen MR) is 118 cm³/mol. The van der Waals surface area contributed by atoms with Crippen LogP contribution in [0.2, 0.25) is 0 Å². The number of nitrogens with zero attached hydrogens (tertiary/aromatic N) is 3. The fourth-order valence-electron chi connectivity index (χ4n) is 2.57. The molecule has 0 fully saturated rings. The molecule has 0 aliphatic carbocycles. The molecular weight excluding hydrogens is 408 g/mol. The van der Waals surface area contributed by atoms with Crippen LogP contribution < -0.4 is 16.6 Å². The molecule has 10 heteroatoms. The van der Waals surface area contributed by atoms with E-state index in [1.54, 1.807) is 6.07 Å². The van der Waals surface area contributed by atoms with Gasteiger partial charge in [0, 0.05) is 27.7 Å². The third kappa shape index (κ3) is 5.39. The maximum Gasteiger partial charge on any atom is 0.333 e. The van der Waals surface area contributed by atoms with Gasteiger partial charge in [0.1, 0.15) is 10.6 Å². The van der Waals surface area contributed by atoms with Crippen molar-refractivity contribution in [2.75, 3.05) is 26.0 Å². The first-order valence-corrected chi connectivity index (χ1v) is 10.2. The van der Waals surface area contributed by atoms with Crippen molar-refractivity contribution in [1.82, 2.24) is 14.5 Å². The first-order chi connectivity index (χ1) is 14.2. The topological polar surface area (TPSA) is 115 Å². The Kier molecular flexibility index (Phi) is 8.01. The van der Waals surface area contributed by atoms with Crippen molar-refractivity contribution in [2.45, 2.75) is 13.8 Å². The number of carbonyl (C=O) groups is 1. The molecule has 2 rings (SSSR count). The summed E-state index contributed by atoms with van der Waals surface area (Å²) < 4.78 is 6.76. The zero-order chi connectivity index (χ0) is 22.4. The molecule has 0 saturated carbocycles. The van der Waals surface area contributed by atoms with Crippen LogP contribution in [0.5, 0.6) is 5.88 Å². The number of aryl methyl sites for hydroxylation is 2. The van der Waals surface area contributed by atoms with E-state index in [4.69, 9.17) is 4.74 Å². The monoisotopic (exact) mass is 434 g/mol. The molecule has 2 aromatic rings. The number of aromatic hydroxyl groups is 1. The number of rotatable bonds is 7. The Morgan fingerprint density at radius 1 is 1.20 bits per heavy atom. The molecule has 0 atom stereocenters. The van der Waals surface area contributed by atoms with Crippen LogP contribution >= 0.6 is 11.8 Å². The lowest BCUT2D eigenvalue weighted by atomic mass is 10.1. The first-order valence-electron chi connectivity index (χ1n) is 9.21. The van der Waals surface area contributed by atoms with Gasteiger partial charge in [0.05, 0.1) is 18.0 Å². The highest BCUT2D eigenvalue weighted by molar-refractivity contribution is 8.15. The molecule has 0 bridgehead atoms. The van der Waals surface area contributed by atoms with Crippen molar-refractivity contribution in [2.24, 2.45) is 19.1 Å². The maximum atomic E-state index is 12.7. The minimum absolute atomic E-state index is 0.0289. The highest BCUT2D eigenvalue weighted by Crippen LogP contribution is 2.24. The zero-order valence-electron chi connectivity index (χ0n) is 17.7. The summed E-state index contributed by atoms with van der Waals surface area (Å²) in [5.74, 6) is -0.803. The number of aromatic nitrogens is 2. The number of hydrogen-bond acceptors (Lipinski definition) is 7. The average Bonchev–Trinajstić information content (AvgIpc) is 2.71. The van der Waals surface area contributed by atoms with Gasteiger partial charge in [-0.25, -0.2) is 9.79 Å². The van der Waals surface area contributed by atoms with Gasteiger partial charge in [0.25, 0.3) is 5.56 Å². The summed E-state index contributed by atoms with van der Waals surface area (Å²) in [6, 6.07) is 5.52. The molecule has 0 aliphatic heterocycles. The standard InChI is InChI=1S/C20H26N4O5S/c1-12-6-7-14(10-13(12)2)22-17(30-11-15(25)21-8-9-29-5)16-18(26)23(3)20(28)24(4)19(16)27/h6-7,10,26H,8-9,11H2,1-5H3,(H,21,25). The summed E-state index contributed by atoms with van der Waals surface area (Å²) >= 11 is 1.01. The first kappa shape index (κ1) is 23.4. The van der Waals surface area contributed by atoms with Gasteiger partial charge in [0.15, 0.2) is 0 Å². The van der Waals surface area contributed by atoms with E-state index in [1.165, 1.54) is 21.2 Å². The van der Waals surface area contributed by atoms with E-state index < -0.39 is 17.1 Å². The molecule has 9 nitrogen and oxygen atoms in total. The SMILES string of the molecule is COCCNC(=O)CSC(=Nc1ccc(C)c(C)c1)c1c(O)n(C)c(=O)n(C)c1=O. The van der Waals surface area contributed by atoms with Crippen LogP contribution in [0.4, 0.5) is 5.69 Å². The fourth-order valence-corrected chi connectivity index (χ4v) is 3.43. The quantitative estimate of drug-likeness (QED) is 0.381. The molecule has 0 unspecified atom stereocenters. The van der Waals surface area contributed by atoms with E-state index in [9.17, 15) is 19.5 Å². The molecule has 162 valence electrons. The number of ether oxygens (including phenoxy) is 1. The summed E-state index contributed by atoms with van der Waals surface area (Å²) in [6.07, 6.45) is 0. The van der Waals surface area contributed by atoms with Crippen molar-refractivity contribution in [3.05, 3.63) is 55.7 Å². The van der Waals surface area contributed by atoms with Crippen LogP contribution in [0.3, 0.4) is 0 Å². The molecule has 1 aromatic carbocycles. The van der Waals surface area contributed by atoms with Crippen molar-refractivity contribution in [3.63, 3.8) is 0 Å². The molecular formula is C20H26N4O5S. The molecule has 0 saturated heterocycles. The van der Waals surface area contributed by atoms with Crippen LogP contribution in [0.1, 0.15) is 16.7 Å². The Morgan fingerprint density at radius 2 is 1.90 bits per heavy atom. The molecule has 1 heterocycles. The summed E-state index contributed by atoms with van der Waals surface area (Å²) in [6.45, 7) is 4.64. The molecule has 1 amide bonds. The lowest BCUT2D eigenvalue weighted by Gasteiger charge is -2.13. The van der Waals surface area contributed by atoms with Gasteiger partial charge in [-0.15, -0.1) is 0 Å². The van der Waals surface area contributed by atoms with E-state index in [2.05, 4.69) is 10.3 Å². The Hall–Kier alpha value is -2.85. The number of benzene rings is 1. The van der Waals surface area contributed by atoms with E-state index in [1.807, 2.05) is 26.0 Å². The third-order valence-corrected chi connectivity index (χ3v) is 5.51. The largest absolute Gasteiger partial charge is 0.494 e. The van der Waals surface area contributed by atoms with Crippen LogP contribution in [-0.4, -0.2) is 51.2 Å². The Labute approximate surface area is 178 Å². The van der Waals surface area contributed by atoms with Crippen molar-refractivity contribution < 1.29 is 14.6 Å². The van der Waals surface area contributed by atoms with Gasteiger partial charge in [0.2, 0.25) is 11.8 Å². The van der Waals surface area contributed by atoms with E-state index in [-0.39, 0.29) is 22.3 Å². The van der Waals surface area contributed by atoms with Crippen LogP contribution in [0.25, 0.3) is 0 Å². The highest BCUT2D eigenvalue weighted by Gasteiger charge is 2.21. The molecule has 2 N–H and O–H groups in total. The lowest BCUT2D eigenvalue weighted by molar-refractivity contribution is -0.118. The Bertz CT molecular complexity index is 1090. The number of carbonyl (C=O) groups excluding carboxylic acids is 1. The minimum Gasteiger partial charge on any atom is -0.494 e. The van der Waals surface area contributed by atoms with Crippen LogP contribution in [0, 0.1) is 13.8 Å². The average molecular weight is 435 g/mol. The van der Waals surface area contributed by atoms with E-state index >= 15 is 0 Å². The highest BCUT2D eigenvalue weighted by atomic mass is 32.2. The van der Waals surface area contributed by atoms with Gasteiger partial charge in [-0.2, -0.15) is 0 Å². The summed E-state index contributed by atoms with van der Waals surface area (Å²) in [5, 5.41) is 13.3. The number of nitrogens with one attached hydrogen (secondary N) is 1. The molecule has 0 radical (unpaired) electrons. The minimum atomic E-state index is -0.689. The lowest BCUT2D eigenvalue weighted by Crippen LogP contribution is -2.40. The van der Waals surface area contributed by atoms with Crippen LogP contribution in [-0.2, 0) is 23.6 Å². The maximum absolute atomic E-state index is 12.7. The van der Waals surface area contributed by atoms with Crippen molar-refractivity contribution in [1.29, 1.82) is 0 Å². The molecule has 0 aliphatic rings. The second-order valence-corrected chi connectivity index (χ2v) is 7.69. The van der Waals surface area contributed by atoms with E-state index in [0.717, 1.165) is 32.0 Å². The fraction of sp³-hybridized carbons (Fsp3) is 0.400. The van der Waals surface area contributed by atoms with Gasteiger partial charge in [-0.3, -0.25) is 18.7 Å². The Morgan fingerprint density at radius 3 is 2.53 bits per heavy atom. The smallest absolute Gasteiger partial charge is 0.333 e. The second kappa shape index (κ2) is 10.3. The van der Waals surface area contributed by atoms with Gasteiger partial charge < -0.3 is 15.2 Å². The van der Waals surface area contributed by atoms with Crippen molar-refractivity contribution >= 4 is 28.4 Å². The molecule has 0 spiro atoms. The molecule has 1 aromatic heterocycles.